The third-order valence-corrected chi connectivity index (χ3v) is 3.03. The van der Waals surface area contributed by atoms with Gasteiger partial charge in [0.15, 0.2) is 17.2 Å². The van der Waals surface area contributed by atoms with E-state index >= 15 is 0 Å². The molecule has 1 aromatic rings. The van der Waals surface area contributed by atoms with Crippen LogP contribution in [0, 0.1) is 0 Å². The van der Waals surface area contributed by atoms with E-state index in [1.54, 1.807) is 12.1 Å². The fourth-order valence-electron chi connectivity index (χ4n) is 2.05. The third kappa shape index (κ3) is 2.77. The predicted molar refractivity (Wildman–Crippen MR) is 64.4 cm³/mol. The van der Waals surface area contributed by atoms with E-state index in [2.05, 4.69) is 5.32 Å². The van der Waals surface area contributed by atoms with Gasteiger partial charge < -0.3 is 9.84 Å². The summed E-state index contributed by atoms with van der Waals surface area (Å²) in [5.41, 5.74) is 0.00918. The lowest BCUT2D eigenvalue weighted by Crippen LogP contribution is -2.50. The topological polar surface area (TPSA) is 58.6 Å². The molecule has 0 aliphatic carbocycles. The van der Waals surface area contributed by atoms with E-state index < -0.39 is 5.72 Å². The molecule has 0 spiro atoms. The molecule has 2 rings (SSSR count). The van der Waals surface area contributed by atoms with Gasteiger partial charge in [-0.1, -0.05) is 0 Å². The van der Waals surface area contributed by atoms with Gasteiger partial charge in [-0.25, -0.2) is 0 Å². The molecule has 1 fully saturated rings. The lowest BCUT2D eigenvalue weighted by atomic mass is 10.0. The monoisotopic (exact) mass is 235 g/mol. The number of aldehydes is 1. The Bertz CT molecular complexity index is 411. The predicted octanol–water partition coefficient (Wildman–Crippen LogP) is 2.07. The number of rotatable bonds is 3. The maximum Gasteiger partial charge on any atom is 0.163 e. The summed E-state index contributed by atoms with van der Waals surface area (Å²) in [6.45, 7) is 2.89. The highest BCUT2D eigenvalue weighted by Gasteiger charge is 2.28. The SMILES string of the molecule is C[C@]1(Oc2ccc(C=O)cc2O)CCCCN1. The van der Waals surface area contributed by atoms with E-state index in [-0.39, 0.29) is 5.75 Å². The summed E-state index contributed by atoms with van der Waals surface area (Å²) < 4.78 is 5.80. The molecule has 0 saturated carbocycles. The zero-order valence-electron chi connectivity index (χ0n) is 9.90. The number of ether oxygens (including phenoxy) is 1. The molecule has 0 bridgehead atoms. The summed E-state index contributed by atoms with van der Waals surface area (Å²) in [5, 5.41) is 13.1. The van der Waals surface area contributed by atoms with Gasteiger partial charge in [0.1, 0.15) is 6.29 Å². The van der Waals surface area contributed by atoms with Crippen LogP contribution in [0.3, 0.4) is 0 Å². The van der Waals surface area contributed by atoms with Crippen LogP contribution < -0.4 is 10.1 Å². The average Bonchev–Trinajstić information content (AvgIpc) is 2.32. The number of nitrogens with one attached hydrogen (secondary N) is 1. The number of aromatic hydroxyl groups is 1. The fraction of sp³-hybridized carbons (Fsp3) is 0.462. The first-order valence-electron chi connectivity index (χ1n) is 5.85. The van der Waals surface area contributed by atoms with Crippen LogP contribution >= 0.6 is 0 Å². The lowest BCUT2D eigenvalue weighted by Gasteiger charge is -2.35. The van der Waals surface area contributed by atoms with E-state index in [9.17, 15) is 9.90 Å². The van der Waals surface area contributed by atoms with Gasteiger partial charge in [0.2, 0.25) is 0 Å². The Morgan fingerprint density at radius 2 is 2.29 bits per heavy atom. The molecule has 1 aliphatic heterocycles. The molecule has 4 nitrogen and oxygen atoms in total. The molecule has 0 unspecified atom stereocenters. The standard InChI is InChI=1S/C13H17NO3/c1-13(6-2-3-7-14-13)17-12-5-4-10(9-15)8-11(12)16/h4-5,8-9,14,16H,2-3,6-7H2,1H3/t13-/m0/s1. The van der Waals surface area contributed by atoms with E-state index in [1.807, 2.05) is 6.92 Å². The van der Waals surface area contributed by atoms with E-state index in [4.69, 9.17) is 4.74 Å². The Morgan fingerprint density at radius 1 is 1.47 bits per heavy atom. The van der Waals surface area contributed by atoms with Crippen molar-refractivity contribution in [2.75, 3.05) is 6.54 Å². The van der Waals surface area contributed by atoms with Crippen LogP contribution in [0.4, 0.5) is 0 Å². The highest BCUT2D eigenvalue weighted by atomic mass is 16.5. The van der Waals surface area contributed by atoms with Crippen LogP contribution in [-0.4, -0.2) is 23.7 Å². The molecule has 1 saturated heterocycles. The molecule has 4 heteroatoms. The van der Waals surface area contributed by atoms with Gasteiger partial charge in [-0.3, -0.25) is 10.1 Å². The minimum atomic E-state index is -0.432. The van der Waals surface area contributed by atoms with Gasteiger partial charge in [-0.2, -0.15) is 0 Å². The second kappa shape index (κ2) is 4.75. The van der Waals surface area contributed by atoms with Crippen LogP contribution in [0.25, 0.3) is 0 Å². The molecule has 2 N–H and O–H groups in total. The number of hydrogen-bond donors (Lipinski definition) is 2. The summed E-state index contributed by atoms with van der Waals surface area (Å²) in [7, 11) is 0. The van der Waals surface area contributed by atoms with Crippen LogP contribution in [0.2, 0.25) is 0 Å². The largest absolute Gasteiger partial charge is 0.504 e. The zero-order valence-corrected chi connectivity index (χ0v) is 9.90. The maximum atomic E-state index is 10.6. The Labute approximate surface area is 101 Å². The molecule has 0 amide bonds. The number of carbonyl (C=O) groups excluding carboxylic acids is 1. The molecule has 1 aliphatic rings. The van der Waals surface area contributed by atoms with Gasteiger partial charge in [0.05, 0.1) is 0 Å². The van der Waals surface area contributed by atoms with Crippen LogP contribution in [-0.2, 0) is 0 Å². The first-order chi connectivity index (χ1) is 8.13. The first kappa shape index (κ1) is 11.9. The number of piperidine rings is 1. The highest BCUT2D eigenvalue weighted by Crippen LogP contribution is 2.31. The van der Waals surface area contributed by atoms with Gasteiger partial charge in [-0.15, -0.1) is 0 Å². The summed E-state index contributed by atoms with van der Waals surface area (Å²) >= 11 is 0. The minimum absolute atomic E-state index is 0.00296. The van der Waals surface area contributed by atoms with Crippen molar-refractivity contribution >= 4 is 6.29 Å². The van der Waals surface area contributed by atoms with Crippen molar-refractivity contribution in [3.05, 3.63) is 23.8 Å². The summed E-state index contributed by atoms with van der Waals surface area (Å²) in [6.07, 6.45) is 3.86. The number of phenols is 1. The lowest BCUT2D eigenvalue weighted by molar-refractivity contribution is 0.0232. The fourth-order valence-corrected chi connectivity index (χ4v) is 2.05. The van der Waals surface area contributed by atoms with Crippen LogP contribution in [0.15, 0.2) is 18.2 Å². The maximum absolute atomic E-state index is 10.6. The normalized spacial score (nSPS) is 24.3. The van der Waals surface area contributed by atoms with Crippen molar-refractivity contribution in [3.63, 3.8) is 0 Å². The number of carbonyl (C=O) groups is 1. The second-order valence-corrected chi connectivity index (χ2v) is 4.56. The molecular formula is C13H17NO3. The molecule has 92 valence electrons. The molecule has 0 aromatic heterocycles. The van der Waals surface area contributed by atoms with Gasteiger partial charge >= 0.3 is 0 Å². The van der Waals surface area contributed by atoms with Crippen molar-refractivity contribution in [1.29, 1.82) is 0 Å². The van der Waals surface area contributed by atoms with Gasteiger partial charge in [0.25, 0.3) is 0 Å². The van der Waals surface area contributed by atoms with E-state index in [0.29, 0.717) is 17.6 Å². The van der Waals surface area contributed by atoms with Gasteiger partial charge in [-0.05, 0) is 44.5 Å². The molecular weight excluding hydrogens is 218 g/mol. The van der Waals surface area contributed by atoms with Gasteiger partial charge in [0, 0.05) is 12.0 Å². The smallest absolute Gasteiger partial charge is 0.163 e. The first-order valence-corrected chi connectivity index (χ1v) is 5.85. The molecule has 1 heterocycles. The van der Waals surface area contributed by atoms with Crippen LogP contribution in [0.5, 0.6) is 11.5 Å². The van der Waals surface area contributed by atoms with E-state index in [0.717, 1.165) is 25.8 Å². The quantitative estimate of drug-likeness (QED) is 0.787. The summed E-state index contributed by atoms with van der Waals surface area (Å²) in [5.74, 6) is 0.413. The van der Waals surface area contributed by atoms with Crippen molar-refractivity contribution in [2.24, 2.45) is 0 Å². The Morgan fingerprint density at radius 3 is 2.88 bits per heavy atom. The minimum Gasteiger partial charge on any atom is -0.504 e. The van der Waals surface area contributed by atoms with Crippen molar-refractivity contribution in [1.82, 2.24) is 5.32 Å². The number of hydrogen-bond acceptors (Lipinski definition) is 4. The molecule has 1 aromatic carbocycles. The second-order valence-electron chi connectivity index (χ2n) is 4.56. The van der Waals surface area contributed by atoms with Crippen molar-refractivity contribution in [2.45, 2.75) is 31.9 Å². The van der Waals surface area contributed by atoms with Crippen molar-refractivity contribution < 1.29 is 14.6 Å². The number of benzene rings is 1. The number of phenolic OH excluding ortho intramolecular Hbond substituents is 1. The summed E-state index contributed by atoms with van der Waals surface area (Å²) in [4.78, 5) is 10.6. The van der Waals surface area contributed by atoms with Crippen LogP contribution in [0.1, 0.15) is 36.5 Å². The Balaban J connectivity index is 2.15. The average molecular weight is 235 g/mol. The molecule has 0 radical (unpaired) electrons. The zero-order chi connectivity index (χ0) is 12.3. The highest BCUT2D eigenvalue weighted by molar-refractivity contribution is 5.76. The molecule has 1 atom stereocenters. The molecule has 17 heavy (non-hydrogen) atoms. The van der Waals surface area contributed by atoms with Crippen molar-refractivity contribution in [3.8, 4) is 11.5 Å². The third-order valence-electron chi connectivity index (χ3n) is 3.03. The Hall–Kier alpha value is -1.55. The van der Waals surface area contributed by atoms with E-state index in [1.165, 1.54) is 6.07 Å². The summed E-state index contributed by atoms with van der Waals surface area (Å²) in [6, 6.07) is 4.67. The Kier molecular flexibility index (Phi) is 3.33.